The highest BCUT2D eigenvalue weighted by Crippen LogP contribution is 2.17. The summed E-state index contributed by atoms with van der Waals surface area (Å²) < 4.78 is 0. The topological polar surface area (TPSA) is 58.3 Å². The molecule has 1 rings (SSSR count). The molecule has 0 aliphatic rings. The third kappa shape index (κ3) is 3.25. The average Bonchev–Trinajstić information content (AvgIpc) is 2.24. The van der Waals surface area contributed by atoms with E-state index in [2.05, 4.69) is 21.8 Å². The van der Waals surface area contributed by atoms with E-state index < -0.39 is 0 Å². The van der Waals surface area contributed by atoms with Crippen LogP contribution in [0.4, 0.5) is 17.6 Å². The standard InChI is InChI=1S/C11H21N5/c1-5-6-7-16(4)10-8-9(15(2)3)13-11(12)14-10/h8H,5-7H2,1-4H3,(H2,12,13,14). The van der Waals surface area contributed by atoms with E-state index in [9.17, 15) is 0 Å². The van der Waals surface area contributed by atoms with Crippen LogP contribution in [0.5, 0.6) is 0 Å². The van der Waals surface area contributed by atoms with Crippen molar-refractivity contribution < 1.29 is 0 Å². The second-order valence-electron chi connectivity index (χ2n) is 4.11. The second kappa shape index (κ2) is 5.53. The van der Waals surface area contributed by atoms with Crippen LogP contribution in [0.15, 0.2) is 6.07 Å². The summed E-state index contributed by atoms with van der Waals surface area (Å²) in [6.45, 7) is 3.16. The lowest BCUT2D eigenvalue weighted by Crippen LogP contribution is -2.21. The van der Waals surface area contributed by atoms with Crippen molar-refractivity contribution in [3.05, 3.63) is 6.07 Å². The molecular formula is C11H21N5. The van der Waals surface area contributed by atoms with Crippen LogP contribution >= 0.6 is 0 Å². The molecule has 0 aromatic carbocycles. The van der Waals surface area contributed by atoms with Gasteiger partial charge in [0.1, 0.15) is 11.6 Å². The minimum atomic E-state index is 0.324. The number of unbranched alkanes of at least 4 members (excludes halogenated alkanes) is 1. The van der Waals surface area contributed by atoms with E-state index >= 15 is 0 Å². The minimum absolute atomic E-state index is 0.324. The molecule has 0 saturated carbocycles. The first-order chi connectivity index (χ1) is 7.54. The van der Waals surface area contributed by atoms with E-state index in [0.29, 0.717) is 5.95 Å². The van der Waals surface area contributed by atoms with Crippen LogP contribution < -0.4 is 15.5 Å². The van der Waals surface area contributed by atoms with E-state index in [1.807, 2.05) is 32.1 Å². The van der Waals surface area contributed by atoms with Crippen LogP contribution in [0.1, 0.15) is 19.8 Å². The Kier molecular flexibility index (Phi) is 4.34. The monoisotopic (exact) mass is 223 g/mol. The van der Waals surface area contributed by atoms with Crippen molar-refractivity contribution in [3.63, 3.8) is 0 Å². The van der Waals surface area contributed by atoms with Gasteiger partial charge < -0.3 is 15.5 Å². The van der Waals surface area contributed by atoms with Gasteiger partial charge in [-0.3, -0.25) is 0 Å². The zero-order chi connectivity index (χ0) is 12.1. The minimum Gasteiger partial charge on any atom is -0.368 e. The first kappa shape index (κ1) is 12.5. The molecular weight excluding hydrogens is 202 g/mol. The molecule has 5 heteroatoms. The Bertz CT molecular complexity index is 337. The summed E-state index contributed by atoms with van der Waals surface area (Å²) in [7, 11) is 5.91. The Morgan fingerprint density at radius 1 is 1.19 bits per heavy atom. The van der Waals surface area contributed by atoms with Crippen molar-refractivity contribution in [2.75, 3.05) is 43.2 Å². The fourth-order valence-electron chi connectivity index (χ4n) is 1.37. The van der Waals surface area contributed by atoms with Crippen LogP contribution in [-0.4, -0.2) is 37.7 Å². The van der Waals surface area contributed by atoms with Crippen molar-refractivity contribution in [1.82, 2.24) is 9.97 Å². The molecule has 0 amide bonds. The molecule has 1 aromatic rings. The third-order valence-corrected chi connectivity index (χ3v) is 2.41. The second-order valence-corrected chi connectivity index (χ2v) is 4.11. The zero-order valence-corrected chi connectivity index (χ0v) is 10.6. The van der Waals surface area contributed by atoms with Crippen LogP contribution in [0.2, 0.25) is 0 Å². The lowest BCUT2D eigenvalue weighted by molar-refractivity contribution is 0.758. The predicted molar refractivity (Wildman–Crippen MR) is 68.9 cm³/mol. The van der Waals surface area contributed by atoms with Crippen molar-refractivity contribution >= 4 is 17.6 Å². The van der Waals surface area contributed by atoms with Gasteiger partial charge in [0.25, 0.3) is 0 Å². The molecule has 0 saturated heterocycles. The van der Waals surface area contributed by atoms with Crippen molar-refractivity contribution in [2.24, 2.45) is 0 Å². The molecule has 0 radical (unpaired) electrons. The first-order valence-electron chi connectivity index (χ1n) is 5.57. The van der Waals surface area contributed by atoms with Gasteiger partial charge in [0, 0.05) is 33.8 Å². The molecule has 0 spiro atoms. The molecule has 16 heavy (non-hydrogen) atoms. The Balaban J connectivity index is 2.86. The Morgan fingerprint density at radius 3 is 2.38 bits per heavy atom. The average molecular weight is 223 g/mol. The first-order valence-corrected chi connectivity index (χ1v) is 5.57. The van der Waals surface area contributed by atoms with Gasteiger partial charge in [0.05, 0.1) is 0 Å². The van der Waals surface area contributed by atoms with Crippen molar-refractivity contribution in [1.29, 1.82) is 0 Å². The highest BCUT2D eigenvalue weighted by Gasteiger charge is 2.07. The van der Waals surface area contributed by atoms with Gasteiger partial charge in [-0.1, -0.05) is 13.3 Å². The summed E-state index contributed by atoms with van der Waals surface area (Å²) in [5.41, 5.74) is 5.69. The quantitative estimate of drug-likeness (QED) is 0.816. The summed E-state index contributed by atoms with van der Waals surface area (Å²) in [6, 6.07) is 1.95. The van der Waals surface area contributed by atoms with E-state index in [1.165, 1.54) is 6.42 Å². The maximum absolute atomic E-state index is 5.69. The normalized spacial score (nSPS) is 10.2. The van der Waals surface area contributed by atoms with Gasteiger partial charge in [-0.15, -0.1) is 0 Å². The summed E-state index contributed by atoms with van der Waals surface area (Å²) in [4.78, 5) is 12.4. The fourth-order valence-corrected chi connectivity index (χ4v) is 1.37. The van der Waals surface area contributed by atoms with Crippen molar-refractivity contribution in [3.8, 4) is 0 Å². The molecule has 0 fully saturated rings. The van der Waals surface area contributed by atoms with Gasteiger partial charge >= 0.3 is 0 Å². The molecule has 0 atom stereocenters. The molecule has 1 heterocycles. The number of nitrogen functional groups attached to an aromatic ring is 1. The number of nitrogens with zero attached hydrogens (tertiary/aromatic N) is 4. The largest absolute Gasteiger partial charge is 0.368 e. The van der Waals surface area contributed by atoms with Gasteiger partial charge in [-0.25, -0.2) is 0 Å². The molecule has 2 N–H and O–H groups in total. The fraction of sp³-hybridized carbons (Fsp3) is 0.636. The molecule has 90 valence electrons. The maximum atomic E-state index is 5.69. The van der Waals surface area contributed by atoms with Gasteiger partial charge in [0.15, 0.2) is 0 Å². The Labute approximate surface area is 97.3 Å². The molecule has 0 aliphatic carbocycles. The highest BCUT2D eigenvalue weighted by molar-refractivity contribution is 5.52. The lowest BCUT2D eigenvalue weighted by atomic mass is 10.3. The number of aromatic nitrogens is 2. The number of anilines is 3. The summed E-state index contributed by atoms with van der Waals surface area (Å²) in [5.74, 6) is 2.04. The summed E-state index contributed by atoms with van der Waals surface area (Å²) in [6.07, 6.45) is 2.32. The maximum Gasteiger partial charge on any atom is 0.223 e. The van der Waals surface area contributed by atoms with Crippen LogP contribution in [0.25, 0.3) is 0 Å². The van der Waals surface area contributed by atoms with Crippen LogP contribution in [0, 0.1) is 0 Å². The van der Waals surface area contributed by atoms with E-state index in [0.717, 1.165) is 24.6 Å². The van der Waals surface area contributed by atoms with Gasteiger partial charge in [-0.05, 0) is 6.42 Å². The van der Waals surface area contributed by atoms with E-state index in [-0.39, 0.29) is 0 Å². The number of hydrogen-bond acceptors (Lipinski definition) is 5. The van der Waals surface area contributed by atoms with E-state index in [4.69, 9.17) is 5.73 Å². The zero-order valence-electron chi connectivity index (χ0n) is 10.6. The molecule has 5 nitrogen and oxygen atoms in total. The highest BCUT2D eigenvalue weighted by atomic mass is 15.2. The van der Waals surface area contributed by atoms with E-state index in [1.54, 1.807) is 0 Å². The molecule has 1 aromatic heterocycles. The van der Waals surface area contributed by atoms with Crippen molar-refractivity contribution in [2.45, 2.75) is 19.8 Å². The molecule has 0 bridgehead atoms. The summed E-state index contributed by atoms with van der Waals surface area (Å²) in [5, 5.41) is 0. The predicted octanol–water partition coefficient (Wildman–Crippen LogP) is 1.36. The summed E-state index contributed by atoms with van der Waals surface area (Å²) >= 11 is 0. The van der Waals surface area contributed by atoms with Crippen LogP contribution in [0.3, 0.4) is 0 Å². The Hall–Kier alpha value is -1.52. The van der Waals surface area contributed by atoms with Crippen LogP contribution in [-0.2, 0) is 0 Å². The Morgan fingerprint density at radius 2 is 1.81 bits per heavy atom. The smallest absolute Gasteiger partial charge is 0.223 e. The van der Waals surface area contributed by atoms with Gasteiger partial charge in [-0.2, -0.15) is 9.97 Å². The number of nitrogens with two attached hydrogens (primary N) is 1. The SMILES string of the molecule is CCCCN(C)c1cc(N(C)C)nc(N)n1. The molecule has 0 aliphatic heterocycles. The molecule has 0 unspecified atom stereocenters. The third-order valence-electron chi connectivity index (χ3n) is 2.41. The van der Waals surface area contributed by atoms with Gasteiger partial charge in [0.2, 0.25) is 5.95 Å². The number of rotatable bonds is 5. The number of hydrogen-bond donors (Lipinski definition) is 1. The lowest BCUT2D eigenvalue weighted by Gasteiger charge is -2.20.